The number of hydrogen-bond donors (Lipinski definition) is 1. The summed E-state index contributed by atoms with van der Waals surface area (Å²) in [7, 11) is 2.16. The maximum atomic E-state index is 9.22. The van der Waals surface area contributed by atoms with Crippen molar-refractivity contribution in [1.82, 2.24) is 4.90 Å². The summed E-state index contributed by atoms with van der Waals surface area (Å²) in [5.74, 6) is 0.367. The first-order valence-corrected chi connectivity index (χ1v) is 7.56. The third-order valence-electron chi connectivity index (χ3n) is 4.56. The average molecular weight is 271 g/mol. The number of benzene rings is 1. The van der Waals surface area contributed by atoms with Crippen LogP contribution in [0.3, 0.4) is 0 Å². The zero-order chi connectivity index (χ0) is 14.4. The molecule has 1 aliphatic rings. The first kappa shape index (κ1) is 15.0. The van der Waals surface area contributed by atoms with E-state index in [0.29, 0.717) is 5.92 Å². The Morgan fingerprint density at radius 2 is 2.10 bits per heavy atom. The van der Waals surface area contributed by atoms with Crippen LogP contribution in [0.2, 0.25) is 0 Å². The first-order valence-electron chi connectivity index (χ1n) is 7.56. The van der Waals surface area contributed by atoms with Crippen molar-refractivity contribution < 1.29 is 0 Å². The van der Waals surface area contributed by atoms with E-state index >= 15 is 0 Å². The van der Waals surface area contributed by atoms with Gasteiger partial charge in [-0.05, 0) is 50.8 Å². The molecule has 2 rings (SSSR count). The van der Waals surface area contributed by atoms with Gasteiger partial charge in [-0.25, -0.2) is 0 Å². The van der Waals surface area contributed by atoms with E-state index in [1.54, 1.807) is 0 Å². The van der Waals surface area contributed by atoms with Gasteiger partial charge in [-0.2, -0.15) is 5.26 Å². The normalized spacial score (nSPS) is 25.8. The Balaban J connectivity index is 1.73. The molecule has 1 aromatic carbocycles. The highest BCUT2D eigenvalue weighted by Gasteiger charge is 2.39. The fourth-order valence-electron chi connectivity index (χ4n) is 3.10. The van der Waals surface area contributed by atoms with Gasteiger partial charge in [0.25, 0.3) is 0 Å². The Labute approximate surface area is 122 Å². The molecule has 2 unspecified atom stereocenters. The van der Waals surface area contributed by atoms with E-state index in [9.17, 15) is 5.26 Å². The van der Waals surface area contributed by atoms with Gasteiger partial charge in [0.2, 0.25) is 0 Å². The van der Waals surface area contributed by atoms with Crippen molar-refractivity contribution in [1.29, 1.82) is 5.26 Å². The minimum Gasteiger partial charge on any atom is -0.313 e. The molecule has 1 aliphatic carbocycles. The second-order valence-electron chi connectivity index (χ2n) is 6.07. The third kappa shape index (κ3) is 3.82. The van der Waals surface area contributed by atoms with Crippen LogP contribution in [0.4, 0.5) is 0 Å². The molecule has 0 heterocycles. The quantitative estimate of drug-likeness (QED) is 0.865. The Bertz CT molecular complexity index is 451. The minimum atomic E-state index is -0.569. The lowest BCUT2D eigenvalue weighted by molar-refractivity contribution is 0.277. The molecule has 0 aromatic heterocycles. The van der Waals surface area contributed by atoms with Crippen LogP contribution in [0.1, 0.15) is 31.2 Å². The van der Waals surface area contributed by atoms with E-state index < -0.39 is 5.54 Å². The van der Waals surface area contributed by atoms with Gasteiger partial charge >= 0.3 is 0 Å². The van der Waals surface area contributed by atoms with Crippen LogP contribution in [-0.4, -0.2) is 30.6 Å². The number of nitrogens with two attached hydrogens (primary N) is 1. The number of likely N-dealkylation sites (N-methyl/N-ethyl adjacent to an activating group) is 1. The summed E-state index contributed by atoms with van der Waals surface area (Å²) in [5.41, 5.74) is 6.99. The third-order valence-corrected chi connectivity index (χ3v) is 4.56. The molecule has 20 heavy (non-hydrogen) atoms. The summed E-state index contributed by atoms with van der Waals surface area (Å²) in [6.07, 6.45) is 5.18. The van der Waals surface area contributed by atoms with E-state index in [1.807, 2.05) is 0 Å². The fourth-order valence-corrected chi connectivity index (χ4v) is 3.10. The molecule has 2 N–H and O–H groups in total. The molecule has 1 fully saturated rings. The number of nitrogens with zero attached hydrogens (tertiary/aromatic N) is 2. The maximum Gasteiger partial charge on any atom is 0.107 e. The molecular weight excluding hydrogens is 246 g/mol. The molecule has 108 valence electrons. The average Bonchev–Trinajstić information content (AvgIpc) is 2.86. The van der Waals surface area contributed by atoms with Crippen molar-refractivity contribution in [3.05, 3.63) is 35.9 Å². The standard InChI is InChI=1S/C17H25N3/c1-20(12-9-15-6-3-2-4-7-15)13-10-16-8-5-11-17(16,19)14-18/h2-4,6-7,16H,5,8-13,19H2,1H3. The van der Waals surface area contributed by atoms with Crippen LogP contribution in [0, 0.1) is 17.2 Å². The molecule has 1 aromatic rings. The predicted octanol–water partition coefficient (Wildman–Crippen LogP) is 2.57. The SMILES string of the molecule is CN(CCc1ccccc1)CCC1CCCC1(N)C#N. The van der Waals surface area contributed by atoms with E-state index in [-0.39, 0.29) is 0 Å². The molecule has 0 amide bonds. The van der Waals surface area contributed by atoms with E-state index in [0.717, 1.165) is 45.2 Å². The smallest absolute Gasteiger partial charge is 0.107 e. The summed E-state index contributed by atoms with van der Waals surface area (Å²) < 4.78 is 0. The molecule has 0 aliphatic heterocycles. The van der Waals surface area contributed by atoms with Gasteiger partial charge < -0.3 is 10.6 Å². The lowest BCUT2D eigenvalue weighted by Gasteiger charge is -2.26. The maximum absolute atomic E-state index is 9.22. The van der Waals surface area contributed by atoms with Crippen molar-refractivity contribution in [3.8, 4) is 6.07 Å². The second kappa shape index (κ2) is 6.88. The van der Waals surface area contributed by atoms with Crippen LogP contribution >= 0.6 is 0 Å². The Hall–Kier alpha value is -1.37. The van der Waals surface area contributed by atoms with Crippen molar-refractivity contribution in [3.63, 3.8) is 0 Å². The Morgan fingerprint density at radius 1 is 1.35 bits per heavy atom. The number of hydrogen-bond acceptors (Lipinski definition) is 3. The zero-order valence-corrected chi connectivity index (χ0v) is 12.4. The summed E-state index contributed by atoms with van der Waals surface area (Å²) in [5, 5.41) is 9.22. The van der Waals surface area contributed by atoms with Crippen molar-refractivity contribution in [2.24, 2.45) is 11.7 Å². The molecule has 0 spiro atoms. The number of rotatable bonds is 6. The van der Waals surface area contributed by atoms with Gasteiger partial charge in [-0.1, -0.05) is 36.8 Å². The van der Waals surface area contributed by atoms with Crippen molar-refractivity contribution in [2.45, 2.75) is 37.6 Å². The minimum absolute atomic E-state index is 0.367. The summed E-state index contributed by atoms with van der Waals surface area (Å²) in [6, 6.07) is 12.9. The van der Waals surface area contributed by atoms with Crippen LogP contribution in [0.15, 0.2) is 30.3 Å². The molecule has 1 saturated carbocycles. The van der Waals surface area contributed by atoms with Crippen LogP contribution in [-0.2, 0) is 6.42 Å². The topological polar surface area (TPSA) is 53.0 Å². The van der Waals surface area contributed by atoms with Gasteiger partial charge in [0.15, 0.2) is 0 Å². The first-order chi connectivity index (χ1) is 9.64. The molecule has 3 nitrogen and oxygen atoms in total. The van der Waals surface area contributed by atoms with Crippen LogP contribution in [0.5, 0.6) is 0 Å². The van der Waals surface area contributed by atoms with Gasteiger partial charge in [-0.15, -0.1) is 0 Å². The van der Waals surface area contributed by atoms with Gasteiger partial charge in [-0.3, -0.25) is 0 Å². The fraction of sp³-hybridized carbons (Fsp3) is 0.588. The van der Waals surface area contributed by atoms with E-state index in [4.69, 9.17) is 5.73 Å². The van der Waals surface area contributed by atoms with E-state index in [2.05, 4.69) is 48.3 Å². The summed E-state index contributed by atoms with van der Waals surface area (Å²) in [6.45, 7) is 2.08. The molecule has 0 saturated heterocycles. The predicted molar refractivity (Wildman–Crippen MR) is 82.1 cm³/mol. The van der Waals surface area contributed by atoms with Crippen LogP contribution < -0.4 is 5.73 Å². The Morgan fingerprint density at radius 3 is 2.80 bits per heavy atom. The highest BCUT2D eigenvalue weighted by molar-refractivity contribution is 5.15. The van der Waals surface area contributed by atoms with Crippen LogP contribution in [0.25, 0.3) is 0 Å². The summed E-state index contributed by atoms with van der Waals surface area (Å²) in [4.78, 5) is 2.35. The molecule has 0 bridgehead atoms. The van der Waals surface area contributed by atoms with Gasteiger partial charge in [0.1, 0.15) is 5.54 Å². The largest absolute Gasteiger partial charge is 0.313 e. The second-order valence-corrected chi connectivity index (χ2v) is 6.07. The highest BCUT2D eigenvalue weighted by atomic mass is 15.1. The van der Waals surface area contributed by atoms with E-state index in [1.165, 1.54) is 5.56 Å². The Kier molecular flexibility index (Phi) is 5.17. The monoisotopic (exact) mass is 271 g/mol. The lowest BCUT2D eigenvalue weighted by atomic mass is 9.87. The highest BCUT2D eigenvalue weighted by Crippen LogP contribution is 2.35. The zero-order valence-electron chi connectivity index (χ0n) is 12.4. The van der Waals surface area contributed by atoms with Gasteiger partial charge in [0.05, 0.1) is 6.07 Å². The molecular formula is C17H25N3. The van der Waals surface area contributed by atoms with Gasteiger partial charge in [0, 0.05) is 6.54 Å². The lowest BCUT2D eigenvalue weighted by Crippen LogP contribution is -2.43. The van der Waals surface area contributed by atoms with Crippen molar-refractivity contribution >= 4 is 0 Å². The molecule has 3 heteroatoms. The molecule has 0 radical (unpaired) electrons. The summed E-state index contributed by atoms with van der Waals surface area (Å²) >= 11 is 0. The van der Waals surface area contributed by atoms with Crippen molar-refractivity contribution in [2.75, 3.05) is 20.1 Å². The molecule has 2 atom stereocenters. The number of nitriles is 1.